The molecule has 0 saturated heterocycles. The van der Waals surface area contributed by atoms with Gasteiger partial charge in [-0.2, -0.15) is 0 Å². The predicted molar refractivity (Wildman–Crippen MR) is 61.2 cm³/mol. The van der Waals surface area contributed by atoms with E-state index in [4.69, 9.17) is 0 Å². The molecule has 82 valence electrons. The van der Waals surface area contributed by atoms with E-state index in [2.05, 4.69) is 22.2 Å². The quantitative estimate of drug-likeness (QED) is 0.803. The second-order valence-corrected chi connectivity index (χ2v) is 4.65. The highest BCUT2D eigenvalue weighted by Crippen LogP contribution is 2.34. The van der Waals surface area contributed by atoms with Crippen molar-refractivity contribution in [1.29, 1.82) is 0 Å². The number of imidazole rings is 1. The van der Waals surface area contributed by atoms with E-state index in [1.165, 1.54) is 0 Å². The van der Waals surface area contributed by atoms with Gasteiger partial charge < -0.3 is 10.3 Å². The van der Waals surface area contributed by atoms with Gasteiger partial charge in [-0.1, -0.05) is 0 Å². The van der Waals surface area contributed by atoms with Crippen LogP contribution in [-0.4, -0.2) is 21.4 Å². The fourth-order valence-electron chi connectivity index (χ4n) is 1.74. The maximum absolute atomic E-state index is 11.9. The van der Waals surface area contributed by atoms with Gasteiger partial charge in [-0.15, -0.1) is 0 Å². The van der Waals surface area contributed by atoms with Crippen molar-refractivity contribution in [2.75, 3.05) is 0 Å². The normalized spacial score (nSPS) is 17.3. The lowest BCUT2D eigenvalue weighted by Crippen LogP contribution is -2.34. The van der Waals surface area contributed by atoms with Crippen molar-refractivity contribution < 1.29 is 4.79 Å². The minimum absolute atomic E-state index is 0.00324. The van der Waals surface area contributed by atoms with E-state index < -0.39 is 0 Å². The van der Waals surface area contributed by atoms with Gasteiger partial charge in [0.1, 0.15) is 0 Å². The summed E-state index contributed by atoms with van der Waals surface area (Å²) in [7, 11) is 0. The second-order valence-electron chi connectivity index (χ2n) is 4.65. The van der Waals surface area contributed by atoms with E-state index in [1.807, 2.05) is 18.2 Å². The Morgan fingerprint density at radius 3 is 3.06 bits per heavy atom. The van der Waals surface area contributed by atoms with Gasteiger partial charge in [0.25, 0.3) is 5.91 Å². The van der Waals surface area contributed by atoms with E-state index in [0.717, 1.165) is 23.9 Å². The van der Waals surface area contributed by atoms with Crippen LogP contribution in [0.15, 0.2) is 24.5 Å². The Morgan fingerprint density at radius 2 is 2.31 bits per heavy atom. The van der Waals surface area contributed by atoms with Crippen LogP contribution in [-0.2, 0) is 0 Å². The monoisotopic (exact) mass is 215 g/mol. The molecule has 1 heterocycles. The van der Waals surface area contributed by atoms with E-state index in [1.54, 1.807) is 6.33 Å². The predicted octanol–water partition coefficient (Wildman–Crippen LogP) is 1.85. The fraction of sp³-hybridized carbons (Fsp3) is 0.333. The molecule has 1 amide bonds. The van der Waals surface area contributed by atoms with Crippen LogP contribution in [0, 0.1) is 0 Å². The number of fused-ring (bicyclic) bond motifs is 1. The molecule has 4 nitrogen and oxygen atoms in total. The summed E-state index contributed by atoms with van der Waals surface area (Å²) < 4.78 is 0. The van der Waals surface area contributed by atoms with Crippen molar-refractivity contribution in [3.63, 3.8) is 0 Å². The lowest BCUT2D eigenvalue weighted by atomic mass is 10.1. The summed E-state index contributed by atoms with van der Waals surface area (Å²) in [5, 5.41) is 3.03. The van der Waals surface area contributed by atoms with Gasteiger partial charge in [0.2, 0.25) is 0 Å². The minimum atomic E-state index is -0.00324. The molecule has 0 radical (unpaired) electrons. The van der Waals surface area contributed by atoms with Gasteiger partial charge >= 0.3 is 0 Å². The van der Waals surface area contributed by atoms with Gasteiger partial charge in [0.15, 0.2) is 0 Å². The molecule has 4 heteroatoms. The molecule has 0 unspecified atom stereocenters. The van der Waals surface area contributed by atoms with E-state index in [9.17, 15) is 4.79 Å². The van der Waals surface area contributed by atoms with Gasteiger partial charge in [0, 0.05) is 11.1 Å². The number of hydrogen-bond acceptors (Lipinski definition) is 2. The molecule has 0 aliphatic heterocycles. The zero-order chi connectivity index (χ0) is 11.2. The smallest absolute Gasteiger partial charge is 0.251 e. The summed E-state index contributed by atoms with van der Waals surface area (Å²) in [6.07, 6.45) is 3.78. The first-order chi connectivity index (χ1) is 7.66. The third-order valence-corrected chi connectivity index (χ3v) is 3.10. The molecule has 1 aliphatic rings. The largest absolute Gasteiger partial charge is 0.347 e. The second kappa shape index (κ2) is 3.07. The molecule has 3 rings (SSSR count). The SMILES string of the molecule is CC1(NC(=O)c2ccc3nc[nH]c3c2)CC1. The number of hydrogen-bond donors (Lipinski definition) is 2. The lowest BCUT2D eigenvalue weighted by molar-refractivity contribution is 0.0935. The number of nitrogens with zero attached hydrogens (tertiary/aromatic N) is 1. The molecule has 2 N–H and O–H groups in total. The van der Waals surface area contributed by atoms with Crippen LogP contribution in [0.25, 0.3) is 11.0 Å². The molecule has 1 aliphatic carbocycles. The van der Waals surface area contributed by atoms with Gasteiger partial charge in [-0.05, 0) is 38.0 Å². The van der Waals surface area contributed by atoms with Crippen LogP contribution in [0.5, 0.6) is 0 Å². The van der Waals surface area contributed by atoms with Crippen molar-refractivity contribution in [3.8, 4) is 0 Å². The molecule has 0 atom stereocenters. The first-order valence-electron chi connectivity index (χ1n) is 5.42. The molecular formula is C12H13N3O. The topological polar surface area (TPSA) is 57.8 Å². The van der Waals surface area contributed by atoms with E-state index in [-0.39, 0.29) is 11.4 Å². The van der Waals surface area contributed by atoms with Crippen molar-refractivity contribution >= 4 is 16.9 Å². The Labute approximate surface area is 93.1 Å². The van der Waals surface area contributed by atoms with E-state index in [0.29, 0.717) is 5.56 Å². The summed E-state index contributed by atoms with van der Waals surface area (Å²) in [6, 6.07) is 5.50. The van der Waals surface area contributed by atoms with Crippen LogP contribution >= 0.6 is 0 Å². The van der Waals surface area contributed by atoms with Crippen molar-refractivity contribution in [2.45, 2.75) is 25.3 Å². The number of carbonyl (C=O) groups excluding carboxylic acids is 1. The molecule has 1 saturated carbocycles. The number of benzene rings is 1. The Hall–Kier alpha value is -1.84. The number of aromatic nitrogens is 2. The molecule has 16 heavy (non-hydrogen) atoms. The first-order valence-corrected chi connectivity index (χ1v) is 5.42. The maximum Gasteiger partial charge on any atom is 0.251 e. The number of amides is 1. The summed E-state index contributed by atoms with van der Waals surface area (Å²) in [6.45, 7) is 2.07. The molecule has 2 aromatic rings. The first kappa shape index (κ1) is 9.39. The number of H-pyrrole nitrogens is 1. The van der Waals surface area contributed by atoms with Crippen molar-refractivity contribution in [3.05, 3.63) is 30.1 Å². The summed E-state index contributed by atoms with van der Waals surface area (Å²) >= 11 is 0. The van der Waals surface area contributed by atoms with Crippen LogP contribution < -0.4 is 5.32 Å². The van der Waals surface area contributed by atoms with Crippen molar-refractivity contribution in [2.24, 2.45) is 0 Å². The molecule has 1 fully saturated rings. The van der Waals surface area contributed by atoms with Crippen LogP contribution in [0.4, 0.5) is 0 Å². The highest BCUT2D eigenvalue weighted by Gasteiger charge is 2.38. The Bertz CT molecular complexity index is 554. The molecule has 1 aromatic heterocycles. The molecule has 1 aromatic carbocycles. The Balaban J connectivity index is 1.89. The zero-order valence-electron chi connectivity index (χ0n) is 9.08. The highest BCUT2D eigenvalue weighted by atomic mass is 16.1. The van der Waals surface area contributed by atoms with Crippen LogP contribution in [0.2, 0.25) is 0 Å². The minimum Gasteiger partial charge on any atom is -0.347 e. The van der Waals surface area contributed by atoms with Crippen LogP contribution in [0.1, 0.15) is 30.1 Å². The fourth-order valence-corrected chi connectivity index (χ4v) is 1.74. The van der Waals surface area contributed by atoms with Gasteiger partial charge in [0.05, 0.1) is 17.4 Å². The summed E-state index contributed by atoms with van der Waals surface area (Å²) in [4.78, 5) is 19.0. The summed E-state index contributed by atoms with van der Waals surface area (Å²) in [5.74, 6) is -0.00324. The molecular weight excluding hydrogens is 202 g/mol. The molecule has 0 bridgehead atoms. The number of rotatable bonds is 2. The Kier molecular flexibility index (Phi) is 1.80. The lowest BCUT2D eigenvalue weighted by Gasteiger charge is -2.11. The average molecular weight is 215 g/mol. The number of aromatic amines is 1. The average Bonchev–Trinajstić information content (AvgIpc) is 2.82. The third-order valence-electron chi connectivity index (χ3n) is 3.10. The number of nitrogens with one attached hydrogen (secondary N) is 2. The Morgan fingerprint density at radius 1 is 1.50 bits per heavy atom. The highest BCUT2D eigenvalue weighted by molar-refractivity contribution is 5.97. The maximum atomic E-state index is 11.9. The standard InChI is InChI=1S/C12H13N3O/c1-12(4-5-12)15-11(16)8-2-3-9-10(6-8)14-7-13-9/h2-3,6-7H,4-5H2,1H3,(H,13,14)(H,15,16). The van der Waals surface area contributed by atoms with E-state index >= 15 is 0 Å². The third kappa shape index (κ3) is 1.56. The zero-order valence-corrected chi connectivity index (χ0v) is 9.08. The summed E-state index contributed by atoms with van der Waals surface area (Å²) in [5.41, 5.74) is 2.49. The van der Waals surface area contributed by atoms with Gasteiger partial charge in [-0.25, -0.2) is 4.98 Å². The number of carbonyl (C=O) groups is 1. The molecule has 0 spiro atoms. The van der Waals surface area contributed by atoms with Crippen LogP contribution in [0.3, 0.4) is 0 Å². The van der Waals surface area contributed by atoms with Gasteiger partial charge in [-0.3, -0.25) is 4.79 Å². The van der Waals surface area contributed by atoms with Crippen molar-refractivity contribution in [1.82, 2.24) is 15.3 Å².